The van der Waals surface area contributed by atoms with Gasteiger partial charge in [-0.1, -0.05) is 35.9 Å². The molecule has 0 saturated carbocycles. The lowest BCUT2D eigenvalue weighted by molar-refractivity contribution is -0.121. The van der Waals surface area contributed by atoms with Gasteiger partial charge in [-0.05, 0) is 29.8 Å². The Balaban J connectivity index is 1.51. The molecule has 1 aromatic heterocycles. The smallest absolute Gasteiger partial charge is 0.220 e. The van der Waals surface area contributed by atoms with Gasteiger partial charge in [0.2, 0.25) is 5.91 Å². The summed E-state index contributed by atoms with van der Waals surface area (Å²) in [5.74, 6) is 0.279. The van der Waals surface area contributed by atoms with Crippen LogP contribution in [0.5, 0.6) is 0 Å². The van der Waals surface area contributed by atoms with Crippen molar-refractivity contribution >= 4 is 17.5 Å². The van der Waals surface area contributed by atoms with Crippen LogP contribution in [-0.2, 0) is 17.8 Å². The Kier molecular flexibility index (Phi) is 5.46. The van der Waals surface area contributed by atoms with E-state index < -0.39 is 0 Å². The topological polar surface area (TPSA) is 55.1 Å². The molecule has 1 heterocycles. The Bertz CT molecular complexity index is 862. The first-order valence-corrected chi connectivity index (χ1v) is 8.20. The SMILES string of the molecule is O=C(CCc1ncc(-c2ccccc2F)o1)NCc1ccc(Cl)cc1. The van der Waals surface area contributed by atoms with E-state index in [4.69, 9.17) is 16.0 Å². The number of amides is 1. The average molecular weight is 359 g/mol. The van der Waals surface area contributed by atoms with Crippen LogP contribution < -0.4 is 5.32 Å². The number of aryl methyl sites for hydroxylation is 1. The number of halogens is 2. The molecule has 0 bridgehead atoms. The first-order valence-electron chi connectivity index (χ1n) is 7.82. The van der Waals surface area contributed by atoms with Gasteiger partial charge in [0.1, 0.15) is 5.82 Å². The van der Waals surface area contributed by atoms with Crippen LogP contribution in [0.4, 0.5) is 4.39 Å². The first kappa shape index (κ1) is 17.2. The van der Waals surface area contributed by atoms with Crippen LogP contribution in [0.25, 0.3) is 11.3 Å². The first-order chi connectivity index (χ1) is 12.1. The van der Waals surface area contributed by atoms with Gasteiger partial charge in [0.25, 0.3) is 0 Å². The van der Waals surface area contributed by atoms with E-state index >= 15 is 0 Å². The van der Waals surface area contributed by atoms with E-state index in [1.165, 1.54) is 12.3 Å². The monoisotopic (exact) mass is 358 g/mol. The van der Waals surface area contributed by atoms with Crippen molar-refractivity contribution in [1.82, 2.24) is 10.3 Å². The van der Waals surface area contributed by atoms with Crippen molar-refractivity contribution in [1.29, 1.82) is 0 Å². The van der Waals surface area contributed by atoms with Crippen molar-refractivity contribution in [2.24, 2.45) is 0 Å². The summed E-state index contributed by atoms with van der Waals surface area (Å²) in [4.78, 5) is 16.0. The Morgan fingerprint density at radius 2 is 1.92 bits per heavy atom. The summed E-state index contributed by atoms with van der Waals surface area (Å²) in [5, 5.41) is 3.48. The zero-order valence-electron chi connectivity index (χ0n) is 13.3. The highest BCUT2D eigenvalue weighted by atomic mass is 35.5. The van der Waals surface area contributed by atoms with Gasteiger partial charge < -0.3 is 9.73 Å². The number of hydrogen-bond acceptors (Lipinski definition) is 3. The molecule has 0 aliphatic carbocycles. The van der Waals surface area contributed by atoms with E-state index in [1.807, 2.05) is 12.1 Å². The third kappa shape index (κ3) is 4.67. The predicted molar refractivity (Wildman–Crippen MR) is 93.5 cm³/mol. The van der Waals surface area contributed by atoms with Crippen LogP contribution in [-0.4, -0.2) is 10.9 Å². The molecule has 0 spiro atoms. The average Bonchev–Trinajstić information content (AvgIpc) is 3.08. The van der Waals surface area contributed by atoms with Crippen molar-refractivity contribution in [2.45, 2.75) is 19.4 Å². The predicted octanol–water partition coefficient (Wildman–Crippen LogP) is 4.38. The number of rotatable bonds is 6. The van der Waals surface area contributed by atoms with Gasteiger partial charge in [-0.3, -0.25) is 4.79 Å². The number of aromatic nitrogens is 1. The summed E-state index contributed by atoms with van der Waals surface area (Å²) in [5.41, 5.74) is 1.32. The Labute approximate surface area is 149 Å². The fourth-order valence-electron chi connectivity index (χ4n) is 2.32. The number of carbonyl (C=O) groups excluding carboxylic acids is 1. The minimum Gasteiger partial charge on any atom is -0.441 e. The molecule has 1 amide bonds. The van der Waals surface area contributed by atoms with Crippen LogP contribution in [0.1, 0.15) is 17.9 Å². The molecule has 0 aliphatic heterocycles. The van der Waals surface area contributed by atoms with Crippen LogP contribution in [0, 0.1) is 5.82 Å². The number of hydrogen-bond donors (Lipinski definition) is 1. The third-order valence-corrected chi connectivity index (χ3v) is 3.91. The minimum atomic E-state index is -0.370. The molecule has 2 aromatic carbocycles. The van der Waals surface area contributed by atoms with Crippen molar-refractivity contribution in [3.8, 4) is 11.3 Å². The Morgan fingerprint density at radius 3 is 2.68 bits per heavy atom. The lowest BCUT2D eigenvalue weighted by Crippen LogP contribution is -2.22. The molecule has 0 fully saturated rings. The van der Waals surface area contributed by atoms with Crippen LogP contribution in [0.3, 0.4) is 0 Å². The zero-order chi connectivity index (χ0) is 17.6. The normalized spacial score (nSPS) is 10.6. The minimum absolute atomic E-state index is 0.111. The molecule has 128 valence electrons. The van der Waals surface area contributed by atoms with Gasteiger partial charge in [-0.15, -0.1) is 0 Å². The molecule has 1 N–H and O–H groups in total. The van der Waals surface area contributed by atoms with Crippen LogP contribution >= 0.6 is 11.6 Å². The maximum absolute atomic E-state index is 13.7. The third-order valence-electron chi connectivity index (χ3n) is 3.66. The number of nitrogens with zero attached hydrogens (tertiary/aromatic N) is 1. The molecule has 0 atom stereocenters. The van der Waals surface area contributed by atoms with Gasteiger partial charge in [0.05, 0.1) is 11.8 Å². The summed E-state index contributed by atoms with van der Waals surface area (Å²) in [6.45, 7) is 0.433. The molecule has 0 saturated heterocycles. The quantitative estimate of drug-likeness (QED) is 0.711. The molecule has 3 aromatic rings. The lowest BCUT2D eigenvalue weighted by atomic mass is 10.2. The van der Waals surface area contributed by atoms with E-state index in [9.17, 15) is 9.18 Å². The highest BCUT2D eigenvalue weighted by Gasteiger charge is 2.11. The molecule has 0 unspecified atom stereocenters. The van der Waals surface area contributed by atoms with E-state index in [0.29, 0.717) is 35.2 Å². The van der Waals surface area contributed by atoms with Crippen LogP contribution in [0.2, 0.25) is 5.02 Å². The highest BCUT2D eigenvalue weighted by Crippen LogP contribution is 2.23. The summed E-state index contributed by atoms with van der Waals surface area (Å²) in [7, 11) is 0. The molecule has 0 aliphatic rings. The second-order valence-corrected chi connectivity index (χ2v) is 5.94. The van der Waals surface area contributed by atoms with Gasteiger partial charge in [-0.2, -0.15) is 0 Å². The summed E-state index contributed by atoms with van der Waals surface area (Å²) in [6.07, 6.45) is 2.06. The van der Waals surface area contributed by atoms with Gasteiger partial charge in [-0.25, -0.2) is 9.37 Å². The van der Waals surface area contributed by atoms with Crippen molar-refractivity contribution in [3.05, 3.63) is 77.0 Å². The van der Waals surface area contributed by atoms with E-state index in [0.717, 1.165) is 5.56 Å². The maximum Gasteiger partial charge on any atom is 0.220 e. The second kappa shape index (κ2) is 7.94. The standard InChI is InChI=1S/C19H16ClFN2O2/c20-14-7-5-13(6-8-14)11-22-18(24)9-10-19-23-12-17(25-19)15-3-1-2-4-16(15)21/h1-8,12H,9-11H2,(H,22,24). The Morgan fingerprint density at radius 1 is 1.16 bits per heavy atom. The second-order valence-electron chi connectivity index (χ2n) is 5.50. The van der Waals surface area contributed by atoms with Crippen molar-refractivity contribution < 1.29 is 13.6 Å². The molecule has 6 heteroatoms. The molecule has 3 rings (SSSR count). The van der Waals surface area contributed by atoms with Gasteiger partial charge in [0, 0.05) is 24.4 Å². The molecular weight excluding hydrogens is 343 g/mol. The largest absolute Gasteiger partial charge is 0.441 e. The lowest BCUT2D eigenvalue weighted by Gasteiger charge is -2.04. The summed E-state index contributed by atoms with van der Waals surface area (Å²) < 4.78 is 19.3. The van der Waals surface area contributed by atoms with Crippen molar-refractivity contribution in [3.63, 3.8) is 0 Å². The van der Waals surface area contributed by atoms with Gasteiger partial charge in [0.15, 0.2) is 11.7 Å². The molecule has 25 heavy (non-hydrogen) atoms. The summed E-state index contributed by atoms with van der Waals surface area (Å²) in [6, 6.07) is 13.6. The van der Waals surface area contributed by atoms with E-state index in [2.05, 4.69) is 10.3 Å². The molecular formula is C19H16ClFN2O2. The fraction of sp³-hybridized carbons (Fsp3) is 0.158. The number of carbonyl (C=O) groups is 1. The fourth-order valence-corrected chi connectivity index (χ4v) is 2.45. The van der Waals surface area contributed by atoms with E-state index in [-0.39, 0.29) is 18.1 Å². The number of oxazole rings is 1. The summed E-state index contributed by atoms with van der Waals surface area (Å²) >= 11 is 5.82. The maximum atomic E-state index is 13.7. The number of nitrogens with one attached hydrogen (secondary N) is 1. The van der Waals surface area contributed by atoms with E-state index in [1.54, 1.807) is 30.3 Å². The van der Waals surface area contributed by atoms with Crippen LogP contribution in [0.15, 0.2) is 59.1 Å². The van der Waals surface area contributed by atoms with Gasteiger partial charge >= 0.3 is 0 Å². The zero-order valence-corrected chi connectivity index (χ0v) is 14.1. The molecule has 4 nitrogen and oxygen atoms in total. The molecule has 0 radical (unpaired) electrons. The Hall–Kier alpha value is -2.66. The van der Waals surface area contributed by atoms with Crippen molar-refractivity contribution in [2.75, 3.05) is 0 Å². The highest BCUT2D eigenvalue weighted by molar-refractivity contribution is 6.30. The number of benzene rings is 2.